The van der Waals surface area contributed by atoms with E-state index in [0.717, 1.165) is 12.1 Å². The van der Waals surface area contributed by atoms with Crippen molar-refractivity contribution in [2.45, 2.75) is 72.8 Å². The molecule has 1 aliphatic heterocycles. The fourth-order valence-corrected chi connectivity index (χ4v) is 2.58. The minimum Gasteiger partial charge on any atom is -0.443 e. The molecule has 1 aromatic rings. The van der Waals surface area contributed by atoms with Gasteiger partial charge in [-0.3, -0.25) is 4.90 Å². The Labute approximate surface area is 135 Å². The lowest BCUT2D eigenvalue weighted by Gasteiger charge is -2.39. The van der Waals surface area contributed by atoms with Gasteiger partial charge in [0.15, 0.2) is 0 Å². The summed E-state index contributed by atoms with van der Waals surface area (Å²) in [5.74, 6) is 0. The van der Waals surface area contributed by atoms with E-state index < -0.39 is 5.60 Å². The summed E-state index contributed by atoms with van der Waals surface area (Å²) in [5.41, 5.74) is 3.08. The molecule has 1 heterocycles. The first-order valence-corrected chi connectivity index (χ1v) is 8.22. The lowest BCUT2D eigenvalue weighted by atomic mass is 9.77. The Morgan fingerprint density at radius 3 is 2.36 bits per heavy atom. The maximum absolute atomic E-state index is 12.4. The molecule has 22 heavy (non-hydrogen) atoms. The largest absolute Gasteiger partial charge is 0.443 e. The van der Waals surface area contributed by atoms with E-state index in [2.05, 4.69) is 32.9 Å². The summed E-state index contributed by atoms with van der Waals surface area (Å²) in [6, 6.07) is 6.28. The topological polar surface area (TPSA) is 29.5 Å². The highest BCUT2D eigenvalue weighted by atomic mass is 16.6. The molecule has 0 saturated heterocycles. The van der Waals surface area contributed by atoms with Crippen molar-refractivity contribution in [1.82, 2.24) is 0 Å². The number of amides is 1. The number of anilines is 1. The van der Waals surface area contributed by atoms with Crippen molar-refractivity contribution < 1.29 is 9.53 Å². The predicted molar refractivity (Wildman–Crippen MR) is 93.8 cm³/mol. The summed E-state index contributed by atoms with van der Waals surface area (Å²) >= 11 is 0. The highest BCUT2D eigenvalue weighted by molar-refractivity contribution is 5.90. The average Bonchev–Trinajstić information content (AvgIpc) is 2.39. The van der Waals surface area contributed by atoms with Crippen LogP contribution in [0.3, 0.4) is 0 Å². The minimum atomic E-state index is -0.463. The molecule has 0 N–H and O–H groups in total. The van der Waals surface area contributed by atoms with Crippen LogP contribution in [0.25, 0.3) is 0 Å². The third-order valence-corrected chi connectivity index (χ3v) is 3.75. The predicted octanol–water partition coefficient (Wildman–Crippen LogP) is 5.44. The summed E-state index contributed by atoms with van der Waals surface area (Å²) in [4.78, 5) is 14.1. The Bertz CT molecular complexity index is 527. The molecule has 3 heteroatoms. The number of rotatable bonds is 0. The molecule has 124 valence electrons. The Balaban J connectivity index is 0.00000116. The maximum atomic E-state index is 12.4. The highest BCUT2D eigenvalue weighted by Gasteiger charge is 2.35. The molecule has 1 amide bonds. The van der Waals surface area contributed by atoms with Crippen molar-refractivity contribution in [2.75, 3.05) is 11.4 Å². The van der Waals surface area contributed by atoms with Crippen LogP contribution in [0.15, 0.2) is 18.2 Å². The Hall–Kier alpha value is -1.51. The molecule has 0 bridgehead atoms. The highest BCUT2D eigenvalue weighted by Crippen LogP contribution is 2.40. The van der Waals surface area contributed by atoms with Crippen LogP contribution in [0.1, 0.15) is 66.0 Å². The Kier molecular flexibility index (Phi) is 5.66. The maximum Gasteiger partial charge on any atom is 0.414 e. The first-order valence-electron chi connectivity index (χ1n) is 8.22. The van der Waals surface area contributed by atoms with Gasteiger partial charge in [0.2, 0.25) is 0 Å². The first-order chi connectivity index (χ1) is 10.1. The van der Waals surface area contributed by atoms with Crippen molar-refractivity contribution in [3.63, 3.8) is 0 Å². The third-order valence-electron chi connectivity index (χ3n) is 3.75. The number of fused-ring (bicyclic) bond motifs is 1. The van der Waals surface area contributed by atoms with E-state index in [1.165, 1.54) is 11.1 Å². The molecule has 0 atom stereocenters. The number of benzene rings is 1. The fourth-order valence-electron chi connectivity index (χ4n) is 2.58. The van der Waals surface area contributed by atoms with Crippen molar-refractivity contribution >= 4 is 11.8 Å². The summed E-state index contributed by atoms with van der Waals surface area (Å²) in [5, 5.41) is 0. The first kappa shape index (κ1) is 18.5. The van der Waals surface area contributed by atoms with Crippen LogP contribution < -0.4 is 4.90 Å². The van der Waals surface area contributed by atoms with E-state index in [4.69, 9.17) is 4.74 Å². The fraction of sp³-hybridized carbons (Fsp3) is 0.632. The molecule has 0 saturated carbocycles. The third kappa shape index (κ3) is 4.25. The van der Waals surface area contributed by atoms with Crippen LogP contribution in [-0.2, 0) is 10.2 Å². The van der Waals surface area contributed by atoms with Gasteiger partial charge >= 0.3 is 6.09 Å². The zero-order valence-electron chi connectivity index (χ0n) is 15.4. The number of carbonyl (C=O) groups is 1. The van der Waals surface area contributed by atoms with E-state index >= 15 is 0 Å². The SMILES string of the molecule is CC.Cc1ccc2c(c1)C(C)(C)CCN2C(=O)OC(C)(C)C. The molecule has 0 fully saturated rings. The van der Waals surface area contributed by atoms with Crippen LogP contribution >= 0.6 is 0 Å². The standard InChI is InChI=1S/C17H25NO2.C2H6/c1-12-7-8-14-13(11-12)17(5,6)9-10-18(14)15(19)20-16(2,3)4;1-2/h7-8,11H,9-10H2,1-6H3;1-2H3. The van der Waals surface area contributed by atoms with Crippen LogP contribution in [0.4, 0.5) is 10.5 Å². The van der Waals surface area contributed by atoms with E-state index in [1.807, 2.05) is 40.7 Å². The molecule has 2 rings (SSSR count). The minimum absolute atomic E-state index is 0.0971. The molecule has 0 spiro atoms. The van der Waals surface area contributed by atoms with Gasteiger partial charge in [-0.05, 0) is 51.2 Å². The van der Waals surface area contributed by atoms with Gasteiger partial charge in [0, 0.05) is 6.54 Å². The second-order valence-corrected chi connectivity index (χ2v) is 7.29. The van der Waals surface area contributed by atoms with E-state index in [0.29, 0.717) is 6.54 Å². The Morgan fingerprint density at radius 1 is 1.23 bits per heavy atom. The summed E-state index contributed by atoms with van der Waals surface area (Å²) in [6.45, 7) is 17.0. The molecule has 1 aromatic carbocycles. The number of aryl methyl sites for hydroxylation is 1. The van der Waals surface area contributed by atoms with Crippen LogP contribution in [0.5, 0.6) is 0 Å². The number of hydrogen-bond acceptors (Lipinski definition) is 2. The summed E-state index contributed by atoms with van der Waals surface area (Å²) < 4.78 is 5.52. The Morgan fingerprint density at radius 2 is 1.82 bits per heavy atom. The van der Waals surface area contributed by atoms with E-state index in [1.54, 1.807) is 4.90 Å². The average molecular weight is 305 g/mol. The number of hydrogen-bond donors (Lipinski definition) is 0. The molecule has 1 aliphatic rings. The smallest absolute Gasteiger partial charge is 0.414 e. The zero-order valence-corrected chi connectivity index (χ0v) is 15.4. The van der Waals surface area contributed by atoms with Crippen molar-refractivity contribution in [3.8, 4) is 0 Å². The molecule has 0 unspecified atom stereocenters. The number of carbonyl (C=O) groups excluding carboxylic acids is 1. The summed E-state index contributed by atoms with van der Waals surface area (Å²) in [7, 11) is 0. The molecular formula is C19H31NO2. The van der Waals surface area contributed by atoms with Crippen molar-refractivity contribution in [2.24, 2.45) is 0 Å². The van der Waals surface area contributed by atoms with Crippen molar-refractivity contribution in [3.05, 3.63) is 29.3 Å². The molecular weight excluding hydrogens is 274 g/mol. The normalized spacial score (nSPS) is 16.3. The summed E-state index contributed by atoms with van der Waals surface area (Å²) in [6.07, 6.45) is 0.695. The second kappa shape index (κ2) is 6.72. The van der Waals surface area contributed by atoms with Gasteiger partial charge in [-0.2, -0.15) is 0 Å². The van der Waals surface area contributed by atoms with Gasteiger partial charge < -0.3 is 4.74 Å². The van der Waals surface area contributed by atoms with Crippen LogP contribution in [0.2, 0.25) is 0 Å². The van der Waals surface area contributed by atoms with Gasteiger partial charge in [0.05, 0.1) is 5.69 Å². The molecule has 0 aromatic heterocycles. The monoisotopic (exact) mass is 305 g/mol. The molecule has 0 radical (unpaired) electrons. The lowest BCUT2D eigenvalue weighted by molar-refractivity contribution is 0.0574. The number of nitrogens with zero attached hydrogens (tertiary/aromatic N) is 1. The van der Waals surface area contributed by atoms with Gasteiger partial charge in [-0.25, -0.2) is 4.79 Å². The number of ether oxygens (including phenoxy) is 1. The quantitative estimate of drug-likeness (QED) is 0.638. The lowest BCUT2D eigenvalue weighted by Crippen LogP contribution is -2.43. The van der Waals surface area contributed by atoms with Gasteiger partial charge in [0.1, 0.15) is 5.60 Å². The van der Waals surface area contributed by atoms with Crippen LogP contribution in [-0.4, -0.2) is 18.2 Å². The van der Waals surface area contributed by atoms with Gasteiger partial charge in [-0.15, -0.1) is 0 Å². The molecule has 0 aliphatic carbocycles. The van der Waals surface area contributed by atoms with E-state index in [9.17, 15) is 4.79 Å². The van der Waals surface area contributed by atoms with E-state index in [-0.39, 0.29) is 11.5 Å². The van der Waals surface area contributed by atoms with Crippen molar-refractivity contribution in [1.29, 1.82) is 0 Å². The zero-order chi connectivity index (χ0) is 17.1. The van der Waals surface area contributed by atoms with Crippen LogP contribution in [0, 0.1) is 6.92 Å². The van der Waals surface area contributed by atoms with Gasteiger partial charge in [0.25, 0.3) is 0 Å². The van der Waals surface area contributed by atoms with Gasteiger partial charge in [-0.1, -0.05) is 45.4 Å². The second-order valence-electron chi connectivity index (χ2n) is 7.29. The molecule has 3 nitrogen and oxygen atoms in total.